The summed E-state index contributed by atoms with van der Waals surface area (Å²) in [6, 6.07) is 3.07. The van der Waals surface area contributed by atoms with Gasteiger partial charge >= 0.3 is 0 Å². The Labute approximate surface area is 127 Å². The van der Waals surface area contributed by atoms with Gasteiger partial charge in [-0.15, -0.1) is 0 Å². The monoisotopic (exact) mass is 346 g/mol. The molecule has 1 aromatic rings. The predicted octanol–water partition coefficient (Wildman–Crippen LogP) is 3.94. The lowest BCUT2D eigenvalue weighted by atomic mass is 9.96. The van der Waals surface area contributed by atoms with Crippen molar-refractivity contribution in [3.05, 3.63) is 28.2 Å². The Morgan fingerprint density at radius 2 is 2.05 bits per heavy atom. The molecule has 5 heteroatoms. The fourth-order valence-corrected chi connectivity index (χ4v) is 3.04. The van der Waals surface area contributed by atoms with Crippen LogP contribution in [0.25, 0.3) is 0 Å². The summed E-state index contributed by atoms with van der Waals surface area (Å²) >= 11 is 3.15. The van der Waals surface area contributed by atoms with E-state index in [1.807, 2.05) is 0 Å². The van der Waals surface area contributed by atoms with Crippen molar-refractivity contribution >= 4 is 21.6 Å². The summed E-state index contributed by atoms with van der Waals surface area (Å²) in [6.07, 6.45) is 0.991. The molecule has 0 radical (unpaired) electrons. The third kappa shape index (κ3) is 3.14. The van der Waals surface area contributed by atoms with Gasteiger partial charge in [-0.2, -0.15) is 0 Å². The van der Waals surface area contributed by atoms with E-state index in [9.17, 15) is 8.78 Å². The van der Waals surface area contributed by atoms with Crippen LogP contribution in [-0.2, 0) is 0 Å². The molecule has 1 saturated heterocycles. The summed E-state index contributed by atoms with van der Waals surface area (Å²) in [4.78, 5) is 2.08. The van der Waals surface area contributed by atoms with Crippen LogP contribution in [0.1, 0.15) is 27.2 Å². The van der Waals surface area contributed by atoms with Gasteiger partial charge in [0.1, 0.15) is 11.6 Å². The fourth-order valence-electron chi connectivity index (χ4n) is 2.71. The van der Waals surface area contributed by atoms with Crippen LogP contribution >= 0.6 is 15.9 Å². The summed E-state index contributed by atoms with van der Waals surface area (Å²) < 4.78 is 27.9. The highest BCUT2D eigenvalue weighted by Crippen LogP contribution is 2.31. The van der Waals surface area contributed by atoms with Crippen LogP contribution in [-0.4, -0.2) is 25.2 Å². The van der Waals surface area contributed by atoms with Crippen LogP contribution in [0.5, 0.6) is 0 Å². The molecule has 0 saturated carbocycles. The van der Waals surface area contributed by atoms with Gasteiger partial charge < -0.3 is 10.2 Å². The van der Waals surface area contributed by atoms with Gasteiger partial charge in [-0.1, -0.05) is 20.8 Å². The first-order valence-electron chi connectivity index (χ1n) is 7.08. The molecule has 1 aliphatic heterocycles. The first-order chi connectivity index (χ1) is 9.43. The van der Waals surface area contributed by atoms with Crippen LogP contribution in [0.3, 0.4) is 0 Å². The molecule has 1 N–H and O–H groups in total. The van der Waals surface area contributed by atoms with Crippen LogP contribution in [0.2, 0.25) is 0 Å². The van der Waals surface area contributed by atoms with Crippen LogP contribution in [0, 0.1) is 17.6 Å². The van der Waals surface area contributed by atoms with Gasteiger partial charge in [0, 0.05) is 31.2 Å². The molecule has 1 aliphatic rings. The van der Waals surface area contributed by atoms with E-state index in [4.69, 9.17) is 0 Å². The van der Waals surface area contributed by atoms with E-state index in [0.29, 0.717) is 22.1 Å². The Bertz CT molecular complexity index is 479. The third-order valence-corrected chi connectivity index (χ3v) is 4.60. The molecule has 0 amide bonds. The van der Waals surface area contributed by atoms with Crippen LogP contribution in [0.4, 0.5) is 14.5 Å². The second-order valence-electron chi connectivity index (χ2n) is 5.69. The van der Waals surface area contributed by atoms with Gasteiger partial charge in [0.25, 0.3) is 0 Å². The van der Waals surface area contributed by atoms with E-state index in [-0.39, 0.29) is 6.04 Å². The van der Waals surface area contributed by atoms with E-state index in [1.54, 1.807) is 6.07 Å². The minimum absolute atomic E-state index is 0.213. The molecule has 2 unspecified atom stereocenters. The fraction of sp³-hybridized carbons (Fsp3) is 0.600. The number of halogens is 3. The number of nitrogens with one attached hydrogen (secondary N) is 1. The Morgan fingerprint density at radius 3 is 2.65 bits per heavy atom. The Balaban J connectivity index is 2.37. The molecular weight excluding hydrogens is 326 g/mol. The van der Waals surface area contributed by atoms with Crippen molar-refractivity contribution in [3.8, 4) is 0 Å². The first-order valence-corrected chi connectivity index (χ1v) is 7.87. The number of hydrogen-bond acceptors (Lipinski definition) is 2. The summed E-state index contributed by atoms with van der Waals surface area (Å²) in [5.41, 5.74) is 0.483. The zero-order valence-corrected chi connectivity index (χ0v) is 13.7. The smallest absolute Gasteiger partial charge is 0.149 e. The Hall–Kier alpha value is -0.680. The van der Waals surface area contributed by atoms with Gasteiger partial charge in [0.15, 0.2) is 0 Å². The molecule has 0 spiro atoms. The van der Waals surface area contributed by atoms with Gasteiger partial charge in [-0.3, -0.25) is 0 Å². The molecule has 0 bridgehead atoms. The van der Waals surface area contributed by atoms with Crippen molar-refractivity contribution in [1.82, 2.24) is 5.32 Å². The average Bonchev–Trinajstić information content (AvgIpc) is 2.42. The topological polar surface area (TPSA) is 15.3 Å². The highest BCUT2D eigenvalue weighted by Gasteiger charge is 2.31. The van der Waals surface area contributed by atoms with Crippen molar-refractivity contribution in [2.75, 3.05) is 18.0 Å². The number of nitrogens with zero attached hydrogens (tertiary/aromatic N) is 1. The predicted molar refractivity (Wildman–Crippen MR) is 82.1 cm³/mol. The SMILES string of the molecule is CCC1CN(c2cc(Br)c(F)cc2F)C(C(C)C)CN1. The number of anilines is 1. The lowest BCUT2D eigenvalue weighted by molar-refractivity contribution is 0.331. The maximum Gasteiger partial charge on any atom is 0.149 e. The van der Waals surface area contributed by atoms with Crippen LogP contribution < -0.4 is 10.2 Å². The standard InChI is InChI=1S/C15H21BrF2N2/c1-4-10-8-20(15(7-19-10)9(2)3)14-5-11(16)12(17)6-13(14)18/h5-6,9-10,15,19H,4,7-8H2,1-3H3. The summed E-state index contributed by atoms with van der Waals surface area (Å²) in [5.74, 6) is -0.661. The van der Waals surface area contributed by atoms with Crippen LogP contribution in [0.15, 0.2) is 16.6 Å². The van der Waals surface area contributed by atoms with E-state index >= 15 is 0 Å². The molecule has 0 aromatic heterocycles. The number of benzene rings is 1. The number of rotatable bonds is 3. The molecule has 1 fully saturated rings. The molecule has 20 heavy (non-hydrogen) atoms. The molecule has 1 heterocycles. The van der Waals surface area contributed by atoms with Gasteiger partial charge in [0.05, 0.1) is 10.2 Å². The number of hydrogen-bond donors (Lipinski definition) is 1. The van der Waals surface area contributed by atoms with E-state index < -0.39 is 11.6 Å². The van der Waals surface area contributed by atoms with E-state index in [0.717, 1.165) is 25.6 Å². The number of piperazine rings is 1. The largest absolute Gasteiger partial charge is 0.363 e. The van der Waals surface area contributed by atoms with Crippen molar-refractivity contribution in [1.29, 1.82) is 0 Å². The van der Waals surface area contributed by atoms with Crippen molar-refractivity contribution in [3.63, 3.8) is 0 Å². The normalized spacial score (nSPS) is 23.4. The zero-order valence-electron chi connectivity index (χ0n) is 12.1. The molecule has 1 aromatic carbocycles. The van der Waals surface area contributed by atoms with Gasteiger partial charge in [-0.25, -0.2) is 8.78 Å². The van der Waals surface area contributed by atoms with Crippen molar-refractivity contribution < 1.29 is 8.78 Å². The zero-order chi connectivity index (χ0) is 14.9. The Morgan fingerprint density at radius 1 is 1.35 bits per heavy atom. The molecular formula is C15H21BrF2N2. The van der Waals surface area contributed by atoms with Gasteiger partial charge in [0.2, 0.25) is 0 Å². The quantitative estimate of drug-likeness (QED) is 0.834. The summed E-state index contributed by atoms with van der Waals surface area (Å²) in [7, 11) is 0. The van der Waals surface area contributed by atoms with Gasteiger partial charge in [-0.05, 0) is 34.3 Å². The lowest BCUT2D eigenvalue weighted by Gasteiger charge is -2.44. The maximum absolute atomic E-state index is 14.2. The second-order valence-corrected chi connectivity index (χ2v) is 6.55. The van der Waals surface area contributed by atoms with Crippen molar-refractivity contribution in [2.45, 2.75) is 39.3 Å². The maximum atomic E-state index is 14.2. The Kier molecular flexibility index (Phi) is 5.02. The molecule has 2 nitrogen and oxygen atoms in total. The van der Waals surface area contributed by atoms with Crippen molar-refractivity contribution in [2.24, 2.45) is 5.92 Å². The minimum Gasteiger partial charge on any atom is -0.363 e. The average molecular weight is 347 g/mol. The third-order valence-electron chi connectivity index (χ3n) is 3.99. The highest BCUT2D eigenvalue weighted by atomic mass is 79.9. The van der Waals surface area contributed by atoms with E-state index in [2.05, 4.69) is 46.9 Å². The molecule has 2 atom stereocenters. The molecule has 0 aliphatic carbocycles. The highest BCUT2D eigenvalue weighted by molar-refractivity contribution is 9.10. The minimum atomic E-state index is -0.561. The first kappa shape index (κ1) is 15.7. The molecule has 112 valence electrons. The summed E-state index contributed by atoms with van der Waals surface area (Å²) in [6.45, 7) is 7.94. The lowest BCUT2D eigenvalue weighted by Crippen LogP contribution is -2.58. The summed E-state index contributed by atoms with van der Waals surface area (Å²) in [5, 5.41) is 3.50. The second kappa shape index (κ2) is 6.39. The van der Waals surface area contributed by atoms with E-state index in [1.165, 1.54) is 0 Å². The molecule has 2 rings (SSSR count).